The molecule has 0 radical (unpaired) electrons. The quantitative estimate of drug-likeness (QED) is 0.755. The van der Waals surface area contributed by atoms with Crippen LogP contribution >= 0.6 is 27.5 Å². The summed E-state index contributed by atoms with van der Waals surface area (Å²) in [7, 11) is 0. The van der Waals surface area contributed by atoms with Gasteiger partial charge in [0.15, 0.2) is 0 Å². The second-order valence-electron chi connectivity index (χ2n) is 4.08. The third-order valence-corrected chi connectivity index (χ3v) is 3.49. The second kappa shape index (κ2) is 6.87. The summed E-state index contributed by atoms with van der Waals surface area (Å²) in [5, 5.41) is 0.417. The van der Waals surface area contributed by atoms with Crippen molar-refractivity contribution in [3.05, 3.63) is 51.3 Å². The zero-order valence-electron chi connectivity index (χ0n) is 10.6. The fraction of sp³-hybridized carbons (Fsp3) is 0.286. The summed E-state index contributed by atoms with van der Waals surface area (Å²) in [4.78, 5) is 8.50. The van der Waals surface area contributed by atoms with Crippen LogP contribution in [0.3, 0.4) is 0 Å². The van der Waals surface area contributed by atoms with Crippen molar-refractivity contribution in [2.75, 3.05) is 0 Å². The molecule has 1 heterocycles. The maximum Gasteiger partial charge on any atom is 0.218 e. The van der Waals surface area contributed by atoms with E-state index in [1.54, 1.807) is 6.07 Å². The molecular formula is C14H14BrClN2O. The molecule has 0 aliphatic rings. The van der Waals surface area contributed by atoms with Gasteiger partial charge in [-0.1, -0.05) is 52.7 Å². The predicted molar refractivity (Wildman–Crippen MR) is 79.5 cm³/mol. The predicted octanol–water partition coefficient (Wildman–Crippen LogP) is 4.42. The Hall–Kier alpha value is -1.13. The van der Waals surface area contributed by atoms with Gasteiger partial charge >= 0.3 is 0 Å². The van der Waals surface area contributed by atoms with Gasteiger partial charge in [0.2, 0.25) is 5.88 Å². The Labute approximate surface area is 126 Å². The number of benzene rings is 1. The number of halogens is 2. The van der Waals surface area contributed by atoms with Crippen LogP contribution in [0.4, 0.5) is 0 Å². The molecule has 1 aromatic carbocycles. The van der Waals surface area contributed by atoms with Crippen molar-refractivity contribution in [1.29, 1.82) is 0 Å². The fourth-order valence-electron chi connectivity index (χ4n) is 1.62. The third-order valence-electron chi connectivity index (χ3n) is 2.52. The molecule has 2 rings (SSSR count). The van der Waals surface area contributed by atoms with E-state index in [4.69, 9.17) is 16.3 Å². The number of aromatic nitrogens is 2. The Morgan fingerprint density at radius 1 is 1.26 bits per heavy atom. The molecule has 0 bridgehead atoms. The highest BCUT2D eigenvalue weighted by molar-refractivity contribution is 9.10. The van der Waals surface area contributed by atoms with Crippen LogP contribution in [0, 0.1) is 0 Å². The summed E-state index contributed by atoms with van der Waals surface area (Å²) in [6, 6.07) is 9.55. The van der Waals surface area contributed by atoms with Crippen LogP contribution in [0.15, 0.2) is 34.8 Å². The van der Waals surface area contributed by atoms with E-state index in [9.17, 15) is 0 Å². The van der Waals surface area contributed by atoms with Crippen LogP contribution < -0.4 is 4.74 Å². The van der Waals surface area contributed by atoms with E-state index in [0.717, 1.165) is 28.7 Å². The fourth-order valence-corrected chi connectivity index (χ4v) is 2.21. The van der Waals surface area contributed by atoms with Gasteiger partial charge in [0, 0.05) is 22.5 Å². The monoisotopic (exact) mass is 340 g/mol. The van der Waals surface area contributed by atoms with Gasteiger partial charge in [-0.3, -0.25) is 0 Å². The van der Waals surface area contributed by atoms with Crippen LogP contribution in [-0.2, 0) is 13.0 Å². The van der Waals surface area contributed by atoms with Gasteiger partial charge in [-0.2, -0.15) is 4.98 Å². The number of aryl methyl sites for hydroxylation is 1. The number of hydrogen-bond acceptors (Lipinski definition) is 3. The summed E-state index contributed by atoms with van der Waals surface area (Å²) in [6.45, 7) is 2.52. The number of rotatable bonds is 5. The summed E-state index contributed by atoms with van der Waals surface area (Å²) >= 11 is 9.44. The molecule has 0 unspecified atom stereocenters. The average Bonchev–Trinajstić information content (AvgIpc) is 2.37. The second-order valence-corrected chi connectivity index (χ2v) is 5.32. The van der Waals surface area contributed by atoms with E-state index >= 15 is 0 Å². The minimum Gasteiger partial charge on any atom is -0.473 e. The highest BCUT2D eigenvalue weighted by Gasteiger charge is 2.05. The van der Waals surface area contributed by atoms with Gasteiger partial charge in [0.25, 0.3) is 0 Å². The van der Waals surface area contributed by atoms with Crippen LogP contribution in [0.5, 0.6) is 5.88 Å². The van der Waals surface area contributed by atoms with E-state index in [-0.39, 0.29) is 0 Å². The first kappa shape index (κ1) is 14.3. The lowest BCUT2D eigenvalue weighted by atomic mass is 10.2. The Bertz CT molecular complexity index is 563. The lowest BCUT2D eigenvalue weighted by molar-refractivity contribution is 0.291. The van der Waals surface area contributed by atoms with Crippen LogP contribution in [0.25, 0.3) is 0 Å². The van der Waals surface area contributed by atoms with Crippen molar-refractivity contribution >= 4 is 27.5 Å². The highest BCUT2D eigenvalue weighted by Crippen LogP contribution is 2.19. The number of nitrogens with zero attached hydrogens (tertiary/aromatic N) is 2. The van der Waals surface area contributed by atoms with Crippen LogP contribution in [0.2, 0.25) is 5.15 Å². The molecule has 0 saturated heterocycles. The van der Waals surface area contributed by atoms with Crippen molar-refractivity contribution in [1.82, 2.24) is 9.97 Å². The molecular weight excluding hydrogens is 328 g/mol. The van der Waals surface area contributed by atoms with Gasteiger partial charge in [0.05, 0.1) is 0 Å². The Morgan fingerprint density at radius 3 is 2.79 bits per heavy atom. The topological polar surface area (TPSA) is 35.0 Å². The maximum absolute atomic E-state index is 5.96. The van der Waals surface area contributed by atoms with Gasteiger partial charge in [-0.15, -0.1) is 0 Å². The first-order valence-electron chi connectivity index (χ1n) is 6.08. The van der Waals surface area contributed by atoms with Crippen molar-refractivity contribution < 1.29 is 4.74 Å². The van der Waals surface area contributed by atoms with Gasteiger partial charge < -0.3 is 4.74 Å². The lowest BCUT2D eigenvalue weighted by Gasteiger charge is -2.08. The minimum atomic E-state index is 0.417. The molecule has 0 saturated carbocycles. The summed E-state index contributed by atoms with van der Waals surface area (Å²) in [5.74, 6) is 1.23. The first-order chi connectivity index (χ1) is 9.19. The summed E-state index contributed by atoms with van der Waals surface area (Å²) in [5.41, 5.74) is 1.06. The van der Waals surface area contributed by atoms with Gasteiger partial charge in [-0.25, -0.2) is 4.98 Å². The minimum absolute atomic E-state index is 0.417. The smallest absolute Gasteiger partial charge is 0.218 e. The Balaban J connectivity index is 2.09. The summed E-state index contributed by atoms with van der Waals surface area (Å²) < 4.78 is 6.69. The SMILES string of the molecule is CCCc1nc(Cl)cc(OCc2ccccc2Br)n1. The third kappa shape index (κ3) is 4.18. The lowest BCUT2D eigenvalue weighted by Crippen LogP contribution is -2.02. The highest BCUT2D eigenvalue weighted by atomic mass is 79.9. The number of ether oxygens (including phenoxy) is 1. The molecule has 3 nitrogen and oxygen atoms in total. The standard InChI is InChI=1S/C14H14BrClN2O/c1-2-5-13-17-12(16)8-14(18-13)19-9-10-6-3-4-7-11(10)15/h3-4,6-8H,2,5,9H2,1H3. The molecule has 0 atom stereocenters. The number of hydrogen-bond donors (Lipinski definition) is 0. The van der Waals surface area contributed by atoms with E-state index in [1.807, 2.05) is 24.3 Å². The molecule has 5 heteroatoms. The molecule has 0 fully saturated rings. The van der Waals surface area contributed by atoms with Gasteiger partial charge in [0.1, 0.15) is 17.6 Å². The van der Waals surface area contributed by atoms with E-state index in [0.29, 0.717) is 17.6 Å². The van der Waals surface area contributed by atoms with E-state index in [2.05, 4.69) is 32.8 Å². The van der Waals surface area contributed by atoms with Crippen molar-refractivity contribution in [2.24, 2.45) is 0 Å². The maximum atomic E-state index is 5.96. The molecule has 0 spiro atoms. The Morgan fingerprint density at radius 2 is 2.05 bits per heavy atom. The molecule has 0 aliphatic heterocycles. The molecule has 0 amide bonds. The zero-order valence-corrected chi connectivity index (χ0v) is 12.9. The van der Waals surface area contributed by atoms with Crippen molar-refractivity contribution in [2.45, 2.75) is 26.4 Å². The van der Waals surface area contributed by atoms with Crippen molar-refractivity contribution in [3.8, 4) is 5.88 Å². The molecule has 100 valence electrons. The molecule has 1 aromatic heterocycles. The zero-order chi connectivity index (χ0) is 13.7. The van der Waals surface area contributed by atoms with Gasteiger partial charge in [-0.05, 0) is 12.5 Å². The van der Waals surface area contributed by atoms with Crippen molar-refractivity contribution in [3.63, 3.8) is 0 Å². The largest absolute Gasteiger partial charge is 0.473 e. The summed E-state index contributed by atoms with van der Waals surface area (Å²) in [6.07, 6.45) is 1.77. The van der Waals surface area contributed by atoms with E-state index < -0.39 is 0 Å². The molecule has 0 N–H and O–H groups in total. The van der Waals surface area contributed by atoms with Crippen LogP contribution in [0.1, 0.15) is 24.7 Å². The normalized spacial score (nSPS) is 10.5. The van der Waals surface area contributed by atoms with E-state index in [1.165, 1.54) is 0 Å². The Kier molecular flexibility index (Phi) is 5.16. The first-order valence-corrected chi connectivity index (χ1v) is 7.26. The molecule has 19 heavy (non-hydrogen) atoms. The molecule has 2 aromatic rings. The average molecular weight is 342 g/mol. The van der Waals surface area contributed by atoms with Crippen LogP contribution in [-0.4, -0.2) is 9.97 Å². The molecule has 0 aliphatic carbocycles.